The van der Waals surface area contributed by atoms with Crippen LogP contribution in [0.1, 0.15) is 370 Å². The Labute approximate surface area is 562 Å². The maximum Gasteiger partial charge on any atom is 0.472 e. The standard InChI is InChI=1S/C73H142O17P2/c1-8-9-10-11-12-13-14-15-16-17-18-27-35-42-49-56-72(77)89-68(60-83-70(75)54-47-40-33-26-20-19-23-30-37-44-51-64(2)3)62-87-91(79,80)85-58-67(74)59-86-92(81,82)88-63-69(90-73(78)57-50-43-36-29-22-25-32-39-46-53-66(6)7)61-84-71(76)55-48-41-34-28-21-24-31-38-45-52-65(4)5/h64-69,74H,8-63H2,1-7H3,(H,79,80)(H,81,82)/t67-,68-,69-/m1/s1. The van der Waals surface area contributed by atoms with E-state index in [2.05, 4.69) is 48.5 Å². The lowest BCUT2D eigenvalue weighted by atomic mass is 10.0. The highest BCUT2D eigenvalue weighted by molar-refractivity contribution is 7.47. The maximum atomic E-state index is 13.1. The van der Waals surface area contributed by atoms with Crippen molar-refractivity contribution < 1.29 is 80.2 Å². The SMILES string of the molecule is CCCCCCCCCCCCCCCCCC(=O)O[C@H](COC(=O)CCCCCCCCCCCCC(C)C)COP(=O)(O)OC[C@@H](O)COP(=O)(O)OC[C@@H](COC(=O)CCCCCCCCCCCC(C)C)OC(=O)CCCCCCCCCCCC(C)C. The number of carbonyl (C=O) groups excluding carboxylic acids is 4. The average Bonchev–Trinajstić information content (AvgIpc) is 1.41. The zero-order valence-corrected chi connectivity index (χ0v) is 61.8. The fourth-order valence-corrected chi connectivity index (χ4v) is 12.7. The number of aliphatic hydroxyl groups is 1. The van der Waals surface area contributed by atoms with Crippen molar-refractivity contribution in [2.45, 2.75) is 388 Å². The van der Waals surface area contributed by atoms with Gasteiger partial charge in [0.15, 0.2) is 12.2 Å². The Morgan fingerprint density at radius 2 is 0.500 bits per heavy atom. The van der Waals surface area contributed by atoms with Crippen molar-refractivity contribution >= 4 is 39.5 Å². The number of hydrogen-bond acceptors (Lipinski definition) is 15. The van der Waals surface area contributed by atoms with Gasteiger partial charge >= 0.3 is 39.5 Å². The Kier molecular flexibility index (Phi) is 62.4. The molecule has 19 heteroatoms. The molecule has 0 aliphatic carbocycles. The summed E-state index contributed by atoms with van der Waals surface area (Å²) in [6.45, 7) is 11.8. The Morgan fingerprint density at radius 1 is 0.293 bits per heavy atom. The first-order valence-corrected chi connectivity index (χ1v) is 40.8. The molecule has 2 unspecified atom stereocenters. The second kappa shape index (κ2) is 63.8. The lowest BCUT2D eigenvalue weighted by molar-refractivity contribution is -0.161. The number of carbonyl (C=O) groups is 4. The molecule has 0 rings (SSSR count). The van der Waals surface area contributed by atoms with E-state index in [-0.39, 0.29) is 25.7 Å². The summed E-state index contributed by atoms with van der Waals surface area (Å²) < 4.78 is 68.4. The fraction of sp³-hybridized carbons (Fsp3) is 0.945. The number of phosphoric ester groups is 2. The number of aliphatic hydroxyl groups excluding tert-OH is 1. The van der Waals surface area contributed by atoms with Gasteiger partial charge in [-0.15, -0.1) is 0 Å². The van der Waals surface area contributed by atoms with Gasteiger partial charge in [-0.05, 0) is 43.4 Å². The number of unbranched alkanes of at least 4 members (excludes halogenated alkanes) is 39. The van der Waals surface area contributed by atoms with Gasteiger partial charge in [-0.2, -0.15) is 0 Å². The molecule has 0 saturated heterocycles. The van der Waals surface area contributed by atoms with Gasteiger partial charge in [0, 0.05) is 25.7 Å². The van der Waals surface area contributed by atoms with Crippen molar-refractivity contribution in [2.75, 3.05) is 39.6 Å². The number of esters is 4. The van der Waals surface area contributed by atoms with Crippen LogP contribution in [0.3, 0.4) is 0 Å². The van der Waals surface area contributed by atoms with Crippen LogP contribution in [0.25, 0.3) is 0 Å². The van der Waals surface area contributed by atoms with E-state index in [0.29, 0.717) is 25.7 Å². The molecule has 3 N–H and O–H groups in total. The monoisotopic (exact) mass is 1350 g/mol. The maximum absolute atomic E-state index is 13.1. The van der Waals surface area contributed by atoms with Crippen molar-refractivity contribution in [2.24, 2.45) is 17.8 Å². The molecule has 546 valence electrons. The third-order valence-electron chi connectivity index (χ3n) is 16.9. The molecule has 0 aliphatic rings. The van der Waals surface area contributed by atoms with Crippen LogP contribution in [0.15, 0.2) is 0 Å². The smallest absolute Gasteiger partial charge is 0.462 e. The minimum absolute atomic E-state index is 0.105. The first-order chi connectivity index (χ1) is 44.2. The van der Waals surface area contributed by atoms with Crippen LogP contribution in [0.5, 0.6) is 0 Å². The van der Waals surface area contributed by atoms with Crippen LogP contribution in [-0.4, -0.2) is 96.7 Å². The summed E-state index contributed by atoms with van der Waals surface area (Å²) in [6.07, 6.45) is 48.5. The van der Waals surface area contributed by atoms with Crippen LogP contribution in [0.4, 0.5) is 0 Å². The second-order valence-corrected chi connectivity index (χ2v) is 30.7. The highest BCUT2D eigenvalue weighted by atomic mass is 31.2. The summed E-state index contributed by atoms with van der Waals surface area (Å²) >= 11 is 0. The summed E-state index contributed by atoms with van der Waals surface area (Å²) in [7, 11) is -9.91. The number of ether oxygens (including phenoxy) is 4. The van der Waals surface area contributed by atoms with Gasteiger partial charge in [0.2, 0.25) is 0 Å². The lowest BCUT2D eigenvalue weighted by Crippen LogP contribution is -2.30. The van der Waals surface area contributed by atoms with Crippen molar-refractivity contribution in [3.05, 3.63) is 0 Å². The predicted molar refractivity (Wildman–Crippen MR) is 372 cm³/mol. The van der Waals surface area contributed by atoms with E-state index in [1.807, 2.05) is 0 Å². The number of rotatable bonds is 71. The molecule has 0 bridgehead atoms. The first kappa shape index (κ1) is 90.1. The zero-order chi connectivity index (χ0) is 68.0. The molecule has 92 heavy (non-hydrogen) atoms. The third kappa shape index (κ3) is 66.7. The molecule has 0 radical (unpaired) electrons. The quantitative estimate of drug-likeness (QED) is 0.0222. The van der Waals surface area contributed by atoms with E-state index in [1.54, 1.807) is 0 Å². The highest BCUT2D eigenvalue weighted by Crippen LogP contribution is 2.45. The molecule has 0 amide bonds. The van der Waals surface area contributed by atoms with E-state index >= 15 is 0 Å². The molecular formula is C73H142O17P2. The van der Waals surface area contributed by atoms with E-state index in [1.165, 1.54) is 180 Å². The summed E-state index contributed by atoms with van der Waals surface area (Å²) in [5.41, 5.74) is 0. The normalized spacial score (nSPS) is 14.1. The highest BCUT2D eigenvalue weighted by Gasteiger charge is 2.30. The van der Waals surface area contributed by atoms with E-state index in [0.717, 1.165) is 108 Å². The van der Waals surface area contributed by atoms with E-state index < -0.39 is 97.5 Å². The van der Waals surface area contributed by atoms with Gasteiger partial charge < -0.3 is 33.8 Å². The van der Waals surface area contributed by atoms with Crippen LogP contribution in [-0.2, 0) is 65.4 Å². The lowest BCUT2D eigenvalue weighted by Gasteiger charge is -2.21. The number of phosphoric acid groups is 2. The van der Waals surface area contributed by atoms with E-state index in [9.17, 15) is 43.2 Å². The Balaban J connectivity index is 5.27. The van der Waals surface area contributed by atoms with Gasteiger partial charge in [0.1, 0.15) is 19.3 Å². The van der Waals surface area contributed by atoms with Crippen LogP contribution in [0, 0.1) is 17.8 Å². The van der Waals surface area contributed by atoms with Crippen molar-refractivity contribution in [3.8, 4) is 0 Å². The fourth-order valence-electron chi connectivity index (χ4n) is 11.1. The minimum Gasteiger partial charge on any atom is -0.462 e. The second-order valence-electron chi connectivity index (χ2n) is 27.8. The number of hydrogen-bond donors (Lipinski definition) is 3. The molecule has 0 aromatic carbocycles. The Morgan fingerprint density at radius 3 is 0.739 bits per heavy atom. The summed E-state index contributed by atoms with van der Waals surface area (Å²) in [6, 6.07) is 0. The Hall–Kier alpha value is -1.94. The molecule has 17 nitrogen and oxygen atoms in total. The zero-order valence-electron chi connectivity index (χ0n) is 60.0. The van der Waals surface area contributed by atoms with Crippen molar-refractivity contribution in [3.63, 3.8) is 0 Å². The molecule has 0 aromatic heterocycles. The molecule has 0 aliphatic heterocycles. The largest absolute Gasteiger partial charge is 0.472 e. The molecule has 0 spiro atoms. The van der Waals surface area contributed by atoms with Gasteiger partial charge in [-0.3, -0.25) is 37.3 Å². The average molecular weight is 1350 g/mol. The molecule has 0 aromatic rings. The van der Waals surface area contributed by atoms with Crippen molar-refractivity contribution in [1.29, 1.82) is 0 Å². The predicted octanol–water partition coefficient (Wildman–Crippen LogP) is 21.0. The summed E-state index contributed by atoms with van der Waals surface area (Å²) in [5, 5.41) is 10.6. The molecule has 0 saturated carbocycles. The van der Waals surface area contributed by atoms with Crippen LogP contribution in [0.2, 0.25) is 0 Å². The van der Waals surface area contributed by atoms with Gasteiger partial charge in [-0.1, -0.05) is 318 Å². The van der Waals surface area contributed by atoms with Crippen molar-refractivity contribution in [1.82, 2.24) is 0 Å². The topological polar surface area (TPSA) is 237 Å². The van der Waals surface area contributed by atoms with Crippen LogP contribution < -0.4 is 0 Å². The molecule has 0 heterocycles. The molecule has 0 fully saturated rings. The first-order valence-electron chi connectivity index (χ1n) is 37.8. The summed E-state index contributed by atoms with van der Waals surface area (Å²) in [5.74, 6) is 0.118. The summed E-state index contributed by atoms with van der Waals surface area (Å²) in [4.78, 5) is 72.7. The third-order valence-corrected chi connectivity index (χ3v) is 18.8. The van der Waals surface area contributed by atoms with Gasteiger partial charge in [-0.25, -0.2) is 9.13 Å². The molecule has 5 atom stereocenters. The Bertz CT molecular complexity index is 1800. The van der Waals surface area contributed by atoms with E-state index in [4.69, 9.17) is 37.0 Å². The van der Waals surface area contributed by atoms with Gasteiger partial charge in [0.25, 0.3) is 0 Å². The van der Waals surface area contributed by atoms with Gasteiger partial charge in [0.05, 0.1) is 26.4 Å². The molecular weight excluding hydrogens is 1210 g/mol. The minimum atomic E-state index is -4.95. The van der Waals surface area contributed by atoms with Crippen LogP contribution >= 0.6 is 15.6 Å².